The van der Waals surface area contributed by atoms with Gasteiger partial charge in [0.2, 0.25) is 11.7 Å². The Kier molecular flexibility index (Phi) is 11.0. The van der Waals surface area contributed by atoms with Crippen LogP contribution in [0.4, 0.5) is 5.95 Å². The van der Waals surface area contributed by atoms with Gasteiger partial charge < -0.3 is 54.9 Å². The first-order chi connectivity index (χ1) is 24.7. The molecule has 4 aromatic heterocycles. The molecule has 4 aromatic rings. The molecule has 10 N–H and O–H groups in total. The zero-order valence-corrected chi connectivity index (χ0v) is 30.9. The number of aliphatic hydroxyl groups excluding tert-OH is 3. The number of nitrogen functional groups attached to an aromatic ring is 1. The molecule has 2 fully saturated rings. The minimum absolute atomic E-state index is 0.00533. The number of nitrogens with two attached hydrogens (primary N) is 1. The Morgan fingerprint density at radius 2 is 1.60 bits per heavy atom. The fraction of sp³-hybridized carbons (Fsp3) is 0.565. The number of aliphatic hydroxyl groups is 3. The van der Waals surface area contributed by atoms with Gasteiger partial charge in [-0.2, -0.15) is 0 Å². The van der Waals surface area contributed by atoms with Crippen LogP contribution in [0.3, 0.4) is 0 Å². The Hall–Kier alpha value is -2.91. The number of imidazole rings is 2. The number of H-pyrrole nitrogens is 2. The highest BCUT2D eigenvalue weighted by atomic mass is 32.5. The van der Waals surface area contributed by atoms with Crippen LogP contribution in [-0.2, 0) is 59.9 Å². The topological polar surface area (TPSA) is 364 Å². The standard InChI is InChI=1S/C23H32N9O17P3S/c1-8-26-17-11(19(36)27-8)25-6-31(17)21-15(35)13(33)9(46-21)4-44-50(38,39)48-52(42,53)49-51(40,41)45-5-10-14(34)16(43-3)22(47-10)32-7-30(2)12-18(32)28-23(24)29-20(12)37/h6-7,9-10,13-16,21-22,33-35H,4-5H2,1-3H3,(H6-,24,26,27,28,29,36,37,38,39,40,41,42,53)/p+1/t9-,10-,13+,14?,15?,16+,21-,22-,52?/m1/s1. The molecule has 0 saturated carbocycles. The van der Waals surface area contributed by atoms with Crippen molar-refractivity contribution in [3.8, 4) is 0 Å². The van der Waals surface area contributed by atoms with Gasteiger partial charge in [0.1, 0.15) is 42.4 Å². The van der Waals surface area contributed by atoms with Crippen molar-refractivity contribution in [2.75, 3.05) is 26.1 Å². The summed E-state index contributed by atoms with van der Waals surface area (Å²) in [4.78, 5) is 72.4. The van der Waals surface area contributed by atoms with E-state index in [9.17, 15) is 48.7 Å². The number of hydrogen-bond donors (Lipinski definition) is 9. The summed E-state index contributed by atoms with van der Waals surface area (Å²) in [5.74, 6) is 0.00449. The third-order valence-corrected chi connectivity index (χ3v) is 13.5. The highest BCUT2D eigenvalue weighted by Gasteiger charge is 2.50. The van der Waals surface area contributed by atoms with Crippen LogP contribution < -0.4 is 21.4 Å². The summed E-state index contributed by atoms with van der Waals surface area (Å²) in [5, 5.41) is 32.0. The summed E-state index contributed by atoms with van der Waals surface area (Å²) in [6, 6.07) is 0. The van der Waals surface area contributed by atoms with E-state index in [2.05, 4.69) is 45.3 Å². The normalized spacial score (nSPS) is 29.8. The molecule has 0 bridgehead atoms. The van der Waals surface area contributed by atoms with Gasteiger partial charge in [0.15, 0.2) is 23.7 Å². The van der Waals surface area contributed by atoms with E-state index in [1.165, 1.54) is 36.5 Å². The predicted molar refractivity (Wildman–Crippen MR) is 176 cm³/mol. The molecule has 30 heteroatoms. The first kappa shape index (κ1) is 39.8. The van der Waals surface area contributed by atoms with Crippen LogP contribution in [0.5, 0.6) is 0 Å². The summed E-state index contributed by atoms with van der Waals surface area (Å²) in [6.07, 6.45) is -9.01. The maximum atomic E-state index is 12.7. The summed E-state index contributed by atoms with van der Waals surface area (Å²) in [6.45, 7) is -5.50. The van der Waals surface area contributed by atoms with Crippen molar-refractivity contribution in [3.05, 3.63) is 39.2 Å². The molecule has 5 unspecified atom stereocenters. The van der Waals surface area contributed by atoms with E-state index in [-0.39, 0.29) is 34.1 Å². The maximum Gasteiger partial charge on any atom is 0.479 e. The highest BCUT2D eigenvalue weighted by molar-refractivity contribution is 8.09. The van der Waals surface area contributed by atoms with Gasteiger partial charge >= 0.3 is 28.0 Å². The van der Waals surface area contributed by atoms with Crippen LogP contribution in [0.25, 0.3) is 22.3 Å². The quantitative estimate of drug-likeness (QED) is 0.0477. The zero-order chi connectivity index (χ0) is 38.8. The van der Waals surface area contributed by atoms with Crippen molar-refractivity contribution in [1.29, 1.82) is 0 Å². The van der Waals surface area contributed by atoms with Gasteiger partial charge in [-0.3, -0.25) is 32.8 Å². The first-order valence-electron chi connectivity index (χ1n) is 15.0. The number of ether oxygens (including phenoxy) is 3. The summed E-state index contributed by atoms with van der Waals surface area (Å²) in [7, 11) is -8.11. The lowest BCUT2D eigenvalue weighted by Gasteiger charge is -2.23. The molecule has 0 aromatic carbocycles. The molecule has 0 radical (unpaired) electrons. The van der Waals surface area contributed by atoms with Crippen molar-refractivity contribution in [2.45, 2.75) is 56.0 Å². The smallest absolute Gasteiger partial charge is 0.387 e. The van der Waals surface area contributed by atoms with Crippen LogP contribution in [0.2, 0.25) is 0 Å². The molecule has 2 aliphatic heterocycles. The van der Waals surface area contributed by atoms with Crippen LogP contribution in [0, 0.1) is 6.92 Å². The number of nitrogens with one attached hydrogen (secondary N) is 2. The fourth-order valence-corrected chi connectivity index (χ4v) is 10.8. The monoisotopic (exact) mass is 832 g/mol. The summed E-state index contributed by atoms with van der Waals surface area (Å²) in [5.41, 5.74) is 4.62. The van der Waals surface area contributed by atoms with Gasteiger partial charge in [0, 0.05) is 7.11 Å². The minimum atomic E-state index is -5.45. The lowest BCUT2D eigenvalue weighted by atomic mass is 10.1. The van der Waals surface area contributed by atoms with E-state index in [0.29, 0.717) is 0 Å². The number of aromatic nitrogens is 8. The molecule has 53 heavy (non-hydrogen) atoms. The van der Waals surface area contributed by atoms with E-state index in [1.807, 2.05) is 0 Å². The zero-order valence-electron chi connectivity index (χ0n) is 27.4. The van der Waals surface area contributed by atoms with Crippen molar-refractivity contribution in [2.24, 2.45) is 7.05 Å². The molecule has 2 aliphatic rings. The number of fused-ring (bicyclic) bond motifs is 2. The number of aromatic amines is 2. The Balaban J connectivity index is 1.06. The van der Waals surface area contributed by atoms with E-state index in [0.717, 1.165) is 10.9 Å². The Bertz CT molecular complexity index is 2300. The molecule has 0 aliphatic carbocycles. The van der Waals surface area contributed by atoms with E-state index >= 15 is 0 Å². The Morgan fingerprint density at radius 1 is 0.981 bits per heavy atom. The maximum absolute atomic E-state index is 12.7. The van der Waals surface area contributed by atoms with Crippen LogP contribution in [0.1, 0.15) is 18.3 Å². The van der Waals surface area contributed by atoms with Gasteiger partial charge in [-0.25, -0.2) is 32.3 Å². The molecule has 6 rings (SSSR count). The second-order valence-electron chi connectivity index (χ2n) is 11.7. The molecule has 2 saturated heterocycles. The fourth-order valence-electron chi connectivity index (χ4n) is 5.77. The molecule has 26 nitrogen and oxygen atoms in total. The average molecular weight is 833 g/mol. The van der Waals surface area contributed by atoms with Crippen LogP contribution in [0.15, 0.2) is 22.2 Å². The highest BCUT2D eigenvalue weighted by Crippen LogP contribution is 2.68. The number of aryl methyl sites for hydroxylation is 2. The first-order valence-corrected chi connectivity index (χ1v) is 20.6. The second-order valence-corrected chi connectivity index (χ2v) is 17.7. The number of rotatable bonds is 13. The minimum Gasteiger partial charge on any atom is -0.387 e. The SMILES string of the molecule is CO[C@H]1C(O)[C@@H](COP(=O)(O)OP(O)(=S)OP(=O)(O)OC[C@H]2O[C@@H](n3cnc4c(=O)[nH]c(C)nc43)C(O)[C@H]2O)O[C@H]1[n+]1cn(C)c2c(=O)[nH]c(N)nc21. The number of hydrogen-bond acceptors (Lipinski definition) is 19. The van der Waals surface area contributed by atoms with E-state index in [1.54, 1.807) is 0 Å². The van der Waals surface area contributed by atoms with E-state index < -0.39 is 95.8 Å². The van der Waals surface area contributed by atoms with Gasteiger partial charge in [-0.05, 0) is 18.7 Å². The number of phosphoric acid groups is 2. The van der Waals surface area contributed by atoms with E-state index in [4.69, 9.17) is 29.0 Å². The lowest BCUT2D eigenvalue weighted by molar-refractivity contribution is -0.746. The summed E-state index contributed by atoms with van der Waals surface area (Å²) < 4.78 is 64.6. The van der Waals surface area contributed by atoms with Crippen molar-refractivity contribution >= 4 is 62.4 Å². The molecular weight excluding hydrogens is 799 g/mol. The number of nitrogens with zero attached hydrogens (tertiary/aromatic N) is 6. The molecule has 11 atom stereocenters. The van der Waals surface area contributed by atoms with Crippen LogP contribution in [-0.4, -0.2) is 121 Å². The van der Waals surface area contributed by atoms with Gasteiger partial charge in [-0.1, -0.05) is 4.98 Å². The Labute approximate surface area is 300 Å². The molecule has 0 amide bonds. The van der Waals surface area contributed by atoms with Crippen molar-refractivity contribution < 1.29 is 75.6 Å². The average Bonchev–Trinajstić information content (AvgIpc) is 3.77. The second kappa shape index (κ2) is 14.6. The largest absolute Gasteiger partial charge is 0.479 e. The summed E-state index contributed by atoms with van der Waals surface area (Å²) >= 11 is 4.61. The number of methoxy groups -OCH3 is 1. The lowest BCUT2D eigenvalue weighted by Crippen LogP contribution is -2.47. The van der Waals surface area contributed by atoms with Gasteiger partial charge in [-0.15, -0.1) is 0 Å². The third-order valence-electron chi connectivity index (χ3n) is 8.03. The number of phosphoric ester groups is 2. The van der Waals surface area contributed by atoms with Gasteiger partial charge in [0.05, 0.1) is 26.6 Å². The molecule has 292 valence electrons. The van der Waals surface area contributed by atoms with Crippen molar-refractivity contribution in [3.63, 3.8) is 0 Å². The Morgan fingerprint density at radius 3 is 2.23 bits per heavy atom. The molecule has 6 heterocycles. The van der Waals surface area contributed by atoms with Gasteiger partial charge in [0.25, 0.3) is 17.1 Å². The molecule has 0 spiro atoms. The number of anilines is 1. The molecular formula is C23H33N9O17P3S+. The van der Waals surface area contributed by atoms with Crippen LogP contribution >= 0.6 is 22.4 Å². The predicted octanol–water partition coefficient (Wildman–Crippen LogP) is -3.05. The van der Waals surface area contributed by atoms with Crippen molar-refractivity contribution in [1.82, 2.24) is 34.1 Å². The third kappa shape index (κ3) is 8.08.